The molecule has 2 aromatic rings. The second-order valence-corrected chi connectivity index (χ2v) is 9.83. The Labute approximate surface area is 188 Å². The van der Waals surface area contributed by atoms with Crippen molar-refractivity contribution >= 4 is 17.7 Å². The number of rotatable bonds is 5. The first kappa shape index (κ1) is 20.7. The van der Waals surface area contributed by atoms with Gasteiger partial charge >= 0.3 is 0 Å². The minimum atomic E-state index is 0.291. The number of ether oxygens (including phenoxy) is 2. The molecule has 164 valence electrons. The fourth-order valence-electron chi connectivity index (χ4n) is 4.77. The van der Waals surface area contributed by atoms with Crippen LogP contribution in [0, 0.1) is 5.92 Å². The van der Waals surface area contributed by atoms with Crippen molar-refractivity contribution in [1.29, 1.82) is 0 Å². The number of fused-ring (bicyclic) bond motifs is 2. The number of likely N-dealkylation sites (tertiary alicyclic amines) is 1. The first-order chi connectivity index (χ1) is 15.2. The molecular weight excluding hydrogens is 408 g/mol. The highest BCUT2D eigenvalue weighted by atomic mass is 32.2. The molecule has 1 fully saturated rings. The summed E-state index contributed by atoms with van der Waals surface area (Å²) in [5.41, 5.74) is 2.61. The van der Waals surface area contributed by atoms with E-state index in [-0.39, 0.29) is 0 Å². The number of carbonyl (C=O) groups is 1. The summed E-state index contributed by atoms with van der Waals surface area (Å²) in [6.07, 6.45) is 4.10. The van der Waals surface area contributed by atoms with Gasteiger partial charge in [0.2, 0.25) is 12.7 Å². The molecule has 0 atom stereocenters. The van der Waals surface area contributed by atoms with Gasteiger partial charge in [0.05, 0.1) is 0 Å². The Morgan fingerprint density at radius 1 is 1.03 bits per heavy atom. The van der Waals surface area contributed by atoms with Crippen molar-refractivity contribution in [1.82, 2.24) is 9.80 Å². The van der Waals surface area contributed by atoms with Crippen molar-refractivity contribution in [3.8, 4) is 11.5 Å². The Kier molecular flexibility index (Phi) is 6.37. The van der Waals surface area contributed by atoms with Gasteiger partial charge in [0, 0.05) is 36.7 Å². The highest BCUT2D eigenvalue weighted by Crippen LogP contribution is 2.34. The zero-order valence-electron chi connectivity index (χ0n) is 17.9. The molecule has 31 heavy (non-hydrogen) atoms. The van der Waals surface area contributed by atoms with Gasteiger partial charge in [-0.2, -0.15) is 0 Å². The Morgan fingerprint density at radius 2 is 1.87 bits per heavy atom. The predicted octanol–water partition coefficient (Wildman–Crippen LogP) is 4.19. The van der Waals surface area contributed by atoms with Crippen LogP contribution in [0.3, 0.4) is 0 Å². The zero-order chi connectivity index (χ0) is 21.0. The predicted molar refractivity (Wildman–Crippen MR) is 123 cm³/mol. The van der Waals surface area contributed by atoms with E-state index >= 15 is 0 Å². The smallest absolute Gasteiger partial charge is 0.231 e. The van der Waals surface area contributed by atoms with Crippen LogP contribution in [-0.2, 0) is 17.8 Å². The topological polar surface area (TPSA) is 42.0 Å². The van der Waals surface area contributed by atoms with Gasteiger partial charge in [-0.1, -0.05) is 24.3 Å². The summed E-state index contributed by atoms with van der Waals surface area (Å²) in [6.45, 7) is 4.97. The van der Waals surface area contributed by atoms with Crippen LogP contribution in [0.4, 0.5) is 0 Å². The Balaban J connectivity index is 1.07. The molecule has 5 rings (SSSR count). The van der Waals surface area contributed by atoms with Crippen LogP contribution in [0.2, 0.25) is 0 Å². The molecule has 6 heteroatoms. The molecular formula is C25H30N2O3S. The molecule has 1 saturated heterocycles. The highest BCUT2D eigenvalue weighted by molar-refractivity contribution is 7.99. The average Bonchev–Trinajstić information content (AvgIpc) is 3.15. The van der Waals surface area contributed by atoms with Crippen LogP contribution in [0.25, 0.3) is 0 Å². The minimum absolute atomic E-state index is 0.291. The van der Waals surface area contributed by atoms with E-state index in [2.05, 4.69) is 41.3 Å². The quantitative estimate of drug-likeness (QED) is 0.700. The van der Waals surface area contributed by atoms with E-state index in [0.29, 0.717) is 25.0 Å². The van der Waals surface area contributed by atoms with Crippen molar-refractivity contribution < 1.29 is 14.3 Å². The molecule has 0 saturated carbocycles. The maximum Gasteiger partial charge on any atom is 0.231 e. The Bertz CT molecular complexity index is 927. The van der Waals surface area contributed by atoms with E-state index in [1.54, 1.807) is 0 Å². The standard InChI is InChI=1S/C25H30N2O3S/c28-25(27-13-14-31-24-4-2-1-3-21(24)17-27)9-12-26-10-7-19(8-11-26)15-20-5-6-22-23(16-20)30-18-29-22/h1-6,16,19H,7-15,17-18H2. The van der Waals surface area contributed by atoms with Gasteiger partial charge in [-0.3, -0.25) is 4.79 Å². The summed E-state index contributed by atoms with van der Waals surface area (Å²) >= 11 is 1.87. The van der Waals surface area contributed by atoms with Crippen LogP contribution in [0.5, 0.6) is 11.5 Å². The molecule has 0 bridgehead atoms. The van der Waals surface area contributed by atoms with Crippen LogP contribution < -0.4 is 9.47 Å². The molecule has 3 heterocycles. The largest absolute Gasteiger partial charge is 0.454 e. The van der Waals surface area contributed by atoms with Gasteiger partial charge < -0.3 is 19.3 Å². The van der Waals surface area contributed by atoms with Crippen LogP contribution in [0.15, 0.2) is 47.4 Å². The van der Waals surface area contributed by atoms with Gasteiger partial charge in [0.15, 0.2) is 11.5 Å². The molecule has 0 unspecified atom stereocenters. The number of hydrogen-bond acceptors (Lipinski definition) is 5. The monoisotopic (exact) mass is 438 g/mol. The number of piperidine rings is 1. The lowest BCUT2D eigenvalue weighted by Gasteiger charge is -2.32. The van der Waals surface area contributed by atoms with E-state index in [4.69, 9.17) is 9.47 Å². The summed E-state index contributed by atoms with van der Waals surface area (Å²) in [5, 5.41) is 0. The first-order valence-corrected chi connectivity index (χ1v) is 12.3. The van der Waals surface area contributed by atoms with Crippen molar-refractivity contribution in [2.45, 2.75) is 37.1 Å². The van der Waals surface area contributed by atoms with Gasteiger partial charge in [0.25, 0.3) is 0 Å². The van der Waals surface area contributed by atoms with Gasteiger partial charge in [-0.15, -0.1) is 11.8 Å². The maximum atomic E-state index is 12.9. The highest BCUT2D eigenvalue weighted by Gasteiger charge is 2.23. The summed E-state index contributed by atoms with van der Waals surface area (Å²) in [5.74, 6) is 3.71. The summed E-state index contributed by atoms with van der Waals surface area (Å²) in [6, 6.07) is 14.8. The summed E-state index contributed by atoms with van der Waals surface area (Å²) in [7, 11) is 0. The van der Waals surface area contributed by atoms with Crippen molar-refractivity contribution in [3.63, 3.8) is 0 Å². The van der Waals surface area contributed by atoms with Gasteiger partial charge in [-0.25, -0.2) is 0 Å². The number of carbonyl (C=O) groups excluding carboxylic acids is 1. The van der Waals surface area contributed by atoms with E-state index in [0.717, 1.165) is 56.4 Å². The lowest BCUT2D eigenvalue weighted by atomic mass is 9.90. The van der Waals surface area contributed by atoms with Crippen molar-refractivity contribution in [2.75, 3.05) is 38.7 Å². The van der Waals surface area contributed by atoms with E-state index in [9.17, 15) is 4.79 Å². The molecule has 0 spiro atoms. The van der Waals surface area contributed by atoms with E-state index < -0.39 is 0 Å². The third-order valence-corrected chi connectivity index (χ3v) is 7.71. The maximum absolute atomic E-state index is 12.9. The number of benzene rings is 2. The molecule has 0 radical (unpaired) electrons. The number of hydrogen-bond donors (Lipinski definition) is 0. The fourth-order valence-corrected chi connectivity index (χ4v) is 5.79. The molecule has 2 aromatic carbocycles. The molecule has 5 nitrogen and oxygen atoms in total. The Morgan fingerprint density at radius 3 is 2.77 bits per heavy atom. The second kappa shape index (κ2) is 9.53. The average molecular weight is 439 g/mol. The van der Waals surface area contributed by atoms with Crippen LogP contribution in [-0.4, -0.2) is 54.4 Å². The van der Waals surface area contributed by atoms with Gasteiger partial charge in [0.1, 0.15) is 0 Å². The Hall–Kier alpha value is -2.18. The summed E-state index contributed by atoms with van der Waals surface area (Å²) in [4.78, 5) is 18.7. The van der Waals surface area contributed by atoms with Crippen molar-refractivity contribution in [3.05, 3.63) is 53.6 Å². The molecule has 0 N–H and O–H groups in total. The number of nitrogens with zero attached hydrogens (tertiary/aromatic N) is 2. The van der Waals surface area contributed by atoms with E-state index in [1.807, 2.05) is 22.7 Å². The third-order valence-electron chi connectivity index (χ3n) is 6.62. The molecule has 3 aliphatic heterocycles. The minimum Gasteiger partial charge on any atom is -0.454 e. The second-order valence-electron chi connectivity index (χ2n) is 8.70. The lowest BCUT2D eigenvalue weighted by Crippen LogP contribution is -2.38. The lowest BCUT2D eigenvalue weighted by molar-refractivity contribution is -0.132. The van der Waals surface area contributed by atoms with Crippen LogP contribution >= 0.6 is 11.8 Å². The molecule has 3 aliphatic rings. The normalized spacial score (nSPS) is 19.2. The van der Waals surface area contributed by atoms with Crippen LogP contribution in [0.1, 0.15) is 30.4 Å². The molecule has 0 aliphatic carbocycles. The SMILES string of the molecule is O=C(CCN1CCC(Cc2ccc3c(c2)OCO3)CC1)N1CCSc2ccccc2C1. The number of thioether (sulfide) groups is 1. The molecule has 1 amide bonds. The number of amides is 1. The molecule has 0 aromatic heterocycles. The third kappa shape index (κ3) is 5.01. The van der Waals surface area contributed by atoms with E-state index in [1.165, 1.54) is 28.9 Å². The zero-order valence-corrected chi connectivity index (χ0v) is 18.7. The van der Waals surface area contributed by atoms with Crippen molar-refractivity contribution in [2.24, 2.45) is 5.92 Å². The summed E-state index contributed by atoms with van der Waals surface area (Å²) < 4.78 is 10.9. The first-order valence-electron chi connectivity index (χ1n) is 11.3. The fraction of sp³-hybridized carbons (Fsp3) is 0.480. The van der Waals surface area contributed by atoms with Gasteiger partial charge in [-0.05, 0) is 67.6 Å².